The van der Waals surface area contributed by atoms with Gasteiger partial charge in [-0.25, -0.2) is 0 Å². The summed E-state index contributed by atoms with van der Waals surface area (Å²) in [5.74, 6) is -0.827. The Labute approximate surface area is 175 Å². The molecule has 1 saturated heterocycles. The standard InChI is InChI=1S/C26H22N2O2/c1-15-8-2-7-13-20(15)27-14-28-25(29)23-21-16-9-3-4-10-17(16)22(24(23)26(28)30)19-12-6-5-11-18(19)21/h2-13,21-24,27H,14H2,1H3. The number of hydrogen-bond donors (Lipinski definition) is 1. The minimum atomic E-state index is -0.314. The van der Waals surface area contributed by atoms with E-state index in [1.165, 1.54) is 27.2 Å². The van der Waals surface area contributed by atoms with Gasteiger partial charge in [0, 0.05) is 17.5 Å². The number of anilines is 1. The topological polar surface area (TPSA) is 49.4 Å². The first-order chi connectivity index (χ1) is 14.7. The molecular formula is C26H22N2O2. The summed E-state index contributed by atoms with van der Waals surface area (Å²) in [7, 11) is 0. The molecule has 3 aromatic carbocycles. The van der Waals surface area contributed by atoms with Crippen molar-refractivity contribution in [3.05, 3.63) is 101 Å². The van der Waals surface area contributed by atoms with E-state index >= 15 is 0 Å². The van der Waals surface area contributed by atoms with Crippen LogP contribution < -0.4 is 5.32 Å². The van der Waals surface area contributed by atoms with Crippen molar-refractivity contribution in [2.75, 3.05) is 12.0 Å². The number of nitrogens with zero attached hydrogens (tertiary/aromatic N) is 1. The maximum Gasteiger partial charge on any atom is 0.235 e. The third-order valence-corrected chi connectivity index (χ3v) is 7.11. The second-order valence-corrected chi connectivity index (χ2v) is 8.52. The van der Waals surface area contributed by atoms with Gasteiger partial charge in [-0.15, -0.1) is 0 Å². The fourth-order valence-corrected chi connectivity index (χ4v) is 5.83. The lowest BCUT2D eigenvalue weighted by Gasteiger charge is -2.45. The maximum absolute atomic E-state index is 13.5. The second-order valence-electron chi connectivity index (χ2n) is 8.52. The first kappa shape index (κ1) is 17.5. The zero-order valence-corrected chi connectivity index (χ0v) is 16.7. The lowest BCUT2D eigenvalue weighted by molar-refractivity contribution is -0.139. The lowest BCUT2D eigenvalue weighted by atomic mass is 9.55. The Bertz CT molecular complexity index is 1090. The highest BCUT2D eigenvalue weighted by molar-refractivity contribution is 6.07. The number of para-hydroxylation sites is 1. The van der Waals surface area contributed by atoms with E-state index in [9.17, 15) is 9.59 Å². The zero-order valence-electron chi connectivity index (χ0n) is 16.7. The minimum absolute atomic E-state index is 0.0488. The van der Waals surface area contributed by atoms with Gasteiger partial charge in [0.1, 0.15) is 0 Å². The average molecular weight is 394 g/mol. The Morgan fingerprint density at radius 3 is 1.60 bits per heavy atom. The van der Waals surface area contributed by atoms with Crippen molar-refractivity contribution in [3.8, 4) is 0 Å². The molecule has 1 aliphatic heterocycles. The summed E-state index contributed by atoms with van der Waals surface area (Å²) >= 11 is 0. The van der Waals surface area contributed by atoms with Crippen LogP contribution in [0.1, 0.15) is 39.7 Å². The zero-order chi connectivity index (χ0) is 20.4. The number of imide groups is 1. The van der Waals surface area contributed by atoms with Crippen LogP contribution >= 0.6 is 0 Å². The van der Waals surface area contributed by atoms with Crippen molar-refractivity contribution in [2.24, 2.45) is 11.8 Å². The number of aryl methyl sites for hydroxylation is 1. The molecule has 0 saturated carbocycles. The molecule has 7 rings (SSSR count). The van der Waals surface area contributed by atoms with Crippen LogP contribution in [-0.2, 0) is 9.59 Å². The molecule has 4 heteroatoms. The molecule has 3 aliphatic carbocycles. The molecule has 30 heavy (non-hydrogen) atoms. The Kier molecular flexibility index (Phi) is 3.66. The first-order valence-corrected chi connectivity index (χ1v) is 10.5. The molecule has 1 heterocycles. The Balaban J connectivity index is 1.41. The molecule has 3 aromatic rings. The molecule has 4 nitrogen and oxygen atoms in total. The number of carbonyl (C=O) groups is 2. The SMILES string of the molecule is Cc1ccccc1NCN1C(=O)C2C3c4ccccc4C(c4ccccc43)C2C1=O. The van der Waals surface area contributed by atoms with Gasteiger partial charge in [-0.3, -0.25) is 14.5 Å². The van der Waals surface area contributed by atoms with Crippen molar-refractivity contribution in [2.45, 2.75) is 18.8 Å². The van der Waals surface area contributed by atoms with Gasteiger partial charge in [0.2, 0.25) is 11.8 Å². The summed E-state index contributed by atoms with van der Waals surface area (Å²) < 4.78 is 0. The molecule has 0 aromatic heterocycles. The third kappa shape index (κ3) is 2.22. The number of hydrogen-bond acceptors (Lipinski definition) is 3. The highest BCUT2D eigenvalue weighted by Gasteiger charge is 2.61. The van der Waals surface area contributed by atoms with Gasteiger partial charge in [-0.1, -0.05) is 66.7 Å². The molecule has 1 N–H and O–H groups in total. The van der Waals surface area contributed by atoms with E-state index in [1.807, 2.05) is 55.5 Å². The maximum atomic E-state index is 13.5. The Hall–Kier alpha value is -3.40. The summed E-state index contributed by atoms with van der Waals surface area (Å²) in [6, 6.07) is 24.6. The van der Waals surface area contributed by atoms with Crippen molar-refractivity contribution < 1.29 is 9.59 Å². The number of rotatable bonds is 3. The van der Waals surface area contributed by atoms with E-state index in [-0.39, 0.29) is 42.2 Å². The van der Waals surface area contributed by atoms with Crippen molar-refractivity contribution in [1.29, 1.82) is 0 Å². The van der Waals surface area contributed by atoms with Crippen LogP contribution in [0.5, 0.6) is 0 Å². The highest BCUT2D eigenvalue weighted by Crippen LogP contribution is 2.60. The normalized spacial score (nSPS) is 25.7. The van der Waals surface area contributed by atoms with Gasteiger partial charge in [0.05, 0.1) is 18.5 Å². The quantitative estimate of drug-likeness (QED) is 0.676. The Morgan fingerprint density at radius 1 is 0.700 bits per heavy atom. The van der Waals surface area contributed by atoms with E-state index in [0.29, 0.717) is 0 Å². The fraction of sp³-hybridized carbons (Fsp3) is 0.231. The number of nitrogens with one attached hydrogen (secondary N) is 1. The number of carbonyl (C=O) groups excluding carboxylic acids is 2. The largest absolute Gasteiger partial charge is 0.367 e. The van der Waals surface area contributed by atoms with Gasteiger partial charge in [-0.2, -0.15) is 0 Å². The van der Waals surface area contributed by atoms with E-state index in [0.717, 1.165) is 11.3 Å². The third-order valence-electron chi connectivity index (χ3n) is 7.11. The van der Waals surface area contributed by atoms with Crippen LogP contribution in [0.3, 0.4) is 0 Å². The van der Waals surface area contributed by atoms with E-state index in [4.69, 9.17) is 0 Å². The van der Waals surface area contributed by atoms with Gasteiger partial charge < -0.3 is 5.32 Å². The average Bonchev–Trinajstić information content (AvgIpc) is 3.04. The predicted octanol–water partition coefficient (Wildman–Crippen LogP) is 4.26. The van der Waals surface area contributed by atoms with Crippen LogP contribution in [0, 0.1) is 18.8 Å². The van der Waals surface area contributed by atoms with E-state index in [1.54, 1.807) is 0 Å². The summed E-state index contributed by atoms with van der Waals surface area (Å²) in [6.45, 7) is 2.23. The van der Waals surface area contributed by atoms with Crippen molar-refractivity contribution in [1.82, 2.24) is 4.90 Å². The lowest BCUT2D eigenvalue weighted by Crippen LogP contribution is -2.41. The molecule has 4 aliphatic rings. The smallest absolute Gasteiger partial charge is 0.235 e. The molecule has 0 radical (unpaired) electrons. The molecule has 148 valence electrons. The van der Waals surface area contributed by atoms with Crippen LogP contribution in [0.15, 0.2) is 72.8 Å². The summed E-state index contributed by atoms with van der Waals surface area (Å²) in [5.41, 5.74) is 6.86. The van der Waals surface area contributed by atoms with E-state index < -0.39 is 0 Å². The predicted molar refractivity (Wildman–Crippen MR) is 115 cm³/mol. The molecule has 2 bridgehead atoms. The second kappa shape index (κ2) is 6.30. The van der Waals surface area contributed by atoms with Gasteiger partial charge in [0.15, 0.2) is 0 Å². The highest BCUT2D eigenvalue weighted by atomic mass is 16.2. The first-order valence-electron chi connectivity index (χ1n) is 10.5. The molecule has 1 fully saturated rings. The van der Waals surface area contributed by atoms with Gasteiger partial charge in [-0.05, 0) is 40.8 Å². The minimum Gasteiger partial charge on any atom is -0.367 e. The molecule has 2 atom stereocenters. The van der Waals surface area contributed by atoms with Crippen LogP contribution in [0.4, 0.5) is 5.69 Å². The molecular weight excluding hydrogens is 372 g/mol. The molecule has 2 unspecified atom stereocenters. The summed E-state index contributed by atoms with van der Waals surface area (Å²) in [4.78, 5) is 28.5. The molecule has 0 spiro atoms. The molecule has 2 amide bonds. The fourth-order valence-electron chi connectivity index (χ4n) is 5.83. The number of likely N-dealkylation sites (tertiary alicyclic amines) is 1. The van der Waals surface area contributed by atoms with Crippen LogP contribution in [0.25, 0.3) is 0 Å². The van der Waals surface area contributed by atoms with Crippen molar-refractivity contribution >= 4 is 17.5 Å². The monoisotopic (exact) mass is 394 g/mol. The number of amides is 2. The summed E-state index contributed by atoms with van der Waals surface area (Å²) in [6.07, 6.45) is 0. The Morgan fingerprint density at radius 2 is 1.13 bits per heavy atom. The van der Waals surface area contributed by atoms with Crippen molar-refractivity contribution in [3.63, 3.8) is 0 Å². The van der Waals surface area contributed by atoms with Gasteiger partial charge >= 0.3 is 0 Å². The number of benzene rings is 3. The van der Waals surface area contributed by atoms with E-state index in [2.05, 4.69) is 29.6 Å². The van der Waals surface area contributed by atoms with Crippen LogP contribution in [-0.4, -0.2) is 23.4 Å². The summed E-state index contributed by atoms with van der Waals surface area (Å²) in [5, 5.41) is 3.30. The van der Waals surface area contributed by atoms with Gasteiger partial charge in [0.25, 0.3) is 0 Å². The van der Waals surface area contributed by atoms with Crippen LogP contribution in [0.2, 0.25) is 0 Å².